The predicted octanol–water partition coefficient (Wildman–Crippen LogP) is 3.23. The number of rotatable bonds is 5. The van der Waals surface area contributed by atoms with Crippen LogP contribution < -0.4 is 5.32 Å². The molecule has 2 aliphatic rings. The summed E-state index contributed by atoms with van der Waals surface area (Å²) >= 11 is 0. The fraction of sp³-hybridized carbons (Fsp3) is 1.00. The van der Waals surface area contributed by atoms with Crippen LogP contribution in [-0.2, 0) is 9.47 Å². The average molecular weight is 283 g/mol. The van der Waals surface area contributed by atoms with E-state index < -0.39 is 0 Å². The number of nitrogens with one attached hydrogen (secondary N) is 1. The number of ether oxygens (including phenoxy) is 2. The van der Waals surface area contributed by atoms with Crippen LogP contribution in [-0.4, -0.2) is 38.5 Å². The van der Waals surface area contributed by atoms with Crippen LogP contribution in [0.15, 0.2) is 0 Å². The molecule has 1 aliphatic heterocycles. The SMILES string of the molecule is CCNC(C1CC(C)CC(C)C1)C1(OC)CCOCC1. The van der Waals surface area contributed by atoms with E-state index in [9.17, 15) is 0 Å². The van der Waals surface area contributed by atoms with Crippen molar-refractivity contribution in [1.29, 1.82) is 0 Å². The van der Waals surface area contributed by atoms with Crippen molar-refractivity contribution in [3.8, 4) is 0 Å². The van der Waals surface area contributed by atoms with E-state index in [-0.39, 0.29) is 5.60 Å². The van der Waals surface area contributed by atoms with Crippen molar-refractivity contribution >= 4 is 0 Å². The molecular weight excluding hydrogens is 250 g/mol. The fourth-order valence-electron chi connectivity index (χ4n) is 4.64. The number of hydrogen-bond donors (Lipinski definition) is 1. The summed E-state index contributed by atoms with van der Waals surface area (Å²) in [6, 6.07) is 0.478. The molecule has 3 heteroatoms. The van der Waals surface area contributed by atoms with Gasteiger partial charge in [-0.2, -0.15) is 0 Å². The number of hydrogen-bond acceptors (Lipinski definition) is 3. The lowest BCUT2D eigenvalue weighted by molar-refractivity contribution is -0.125. The van der Waals surface area contributed by atoms with Gasteiger partial charge in [0.25, 0.3) is 0 Å². The highest BCUT2D eigenvalue weighted by molar-refractivity contribution is 4.99. The Morgan fingerprint density at radius 3 is 2.25 bits per heavy atom. The van der Waals surface area contributed by atoms with E-state index in [2.05, 4.69) is 26.1 Å². The van der Waals surface area contributed by atoms with E-state index in [0.717, 1.165) is 50.4 Å². The van der Waals surface area contributed by atoms with Crippen LogP contribution in [0.4, 0.5) is 0 Å². The van der Waals surface area contributed by atoms with Crippen molar-refractivity contribution in [2.24, 2.45) is 17.8 Å². The summed E-state index contributed by atoms with van der Waals surface area (Å²) in [7, 11) is 1.89. The summed E-state index contributed by atoms with van der Waals surface area (Å²) in [5, 5.41) is 3.77. The molecule has 1 aliphatic carbocycles. The standard InChI is InChI=1S/C17H33NO2/c1-5-18-16(15-11-13(2)10-14(3)12-15)17(19-4)6-8-20-9-7-17/h13-16,18H,5-12H2,1-4H3. The second kappa shape index (κ2) is 7.24. The van der Waals surface area contributed by atoms with E-state index in [1.54, 1.807) is 0 Å². The van der Waals surface area contributed by atoms with E-state index in [4.69, 9.17) is 9.47 Å². The third-order valence-corrected chi connectivity index (χ3v) is 5.42. The average Bonchev–Trinajstić information content (AvgIpc) is 2.44. The molecule has 20 heavy (non-hydrogen) atoms. The van der Waals surface area contributed by atoms with Gasteiger partial charge < -0.3 is 14.8 Å². The molecule has 3 nitrogen and oxygen atoms in total. The van der Waals surface area contributed by atoms with Crippen molar-refractivity contribution in [3.05, 3.63) is 0 Å². The molecule has 1 saturated carbocycles. The van der Waals surface area contributed by atoms with Gasteiger partial charge in [-0.25, -0.2) is 0 Å². The summed E-state index contributed by atoms with van der Waals surface area (Å²) in [5.74, 6) is 2.43. The Kier molecular flexibility index (Phi) is 5.88. The Morgan fingerprint density at radius 1 is 1.15 bits per heavy atom. The molecule has 0 radical (unpaired) electrons. The molecule has 0 aromatic rings. The lowest BCUT2D eigenvalue weighted by Gasteiger charge is -2.48. The number of methoxy groups -OCH3 is 1. The van der Waals surface area contributed by atoms with Gasteiger partial charge in [0.15, 0.2) is 0 Å². The van der Waals surface area contributed by atoms with Gasteiger partial charge in [0, 0.05) is 39.2 Å². The molecule has 3 unspecified atom stereocenters. The topological polar surface area (TPSA) is 30.5 Å². The van der Waals surface area contributed by atoms with Crippen LogP contribution in [0, 0.1) is 17.8 Å². The summed E-state index contributed by atoms with van der Waals surface area (Å²) in [6.07, 6.45) is 6.13. The molecule has 3 atom stereocenters. The van der Waals surface area contributed by atoms with Gasteiger partial charge in [0.05, 0.1) is 5.60 Å². The highest BCUT2D eigenvalue weighted by Gasteiger charge is 2.45. The Labute approximate surface area is 124 Å². The highest BCUT2D eigenvalue weighted by Crippen LogP contribution is 2.41. The zero-order chi connectivity index (χ0) is 14.6. The van der Waals surface area contributed by atoms with Gasteiger partial charge in [-0.05, 0) is 43.6 Å². The lowest BCUT2D eigenvalue weighted by atomic mass is 9.68. The van der Waals surface area contributed by atoms with E-state index >= 15 is 0 Å². The minimum atomic E-state index is -0.0181. The molecule has 0 amide bonds. The Bertz CT molecular complexity index is 279. The zero-order valence-electron chi connectivity index (χ0n) is 13.8. The minimum Gasteiger partial charge on any atom is -0.381 e. The van der Waals surface area contributed by atoms with Gasteiger partial charge in [-0.3, -0.25) is 0 Å². The van der Waals surface area contributed by atoms with Crippen molar-refractivity contribution in [1.82, 2.24) is 5.32 Å². The van der Waals surface area contributed by atoms with Gasteiger partial charge in [0.2, 0.25) is 0 Å². The Hall–Kier alpha value is -0.120. The van der Waals surface area contributed by atoms with Crippen molar-refractivity contribution in [2.45, 2.75) is 64.5 Å². The van der Waals surface area contributed by atoms with E-state index in [1.807, 2.05) is 7.11 Å². The summed E-state index contributed by atoms with van der Waals surface area (Å²) in [4.78, 5) is 0. The van der Waals surface area contributed by atoms with Gasteiger partial charge >= 0.3 is 0 Å². The lowest BCUT2D eigenvalue weighted by Crippen LogP contribution is -2.59. The summed E-state index contributed by atoms with van der Waals surface area (Å²) in [6.45, 7) is 9.74. The van der Waals surface area contributed by atoms with Crippen LogP contribution in [0.25, 0.3) is 0 Å². The second-order valence-corrected chi connectivity index (χ2v) is 7.09. The smallest absolute Gasteiger partial charge is 0.0877 e. The Balaban J connectivity index is 2.15. The summed E-state index contributed by atoms with van der Waals surface area (Å²) in [5.41, 5.74) is -0.0181. The number of likely N-dealkylation sites (N-methyl/N-ethyl adjacent to an activating group) is 1. The molecule has 2 rings (SSSR count). The first-order chi connectivity index (χ1) is 9.61. The molecular formula is C17H33NO2. The quantitative estimate of drug-likeness (QED) is 0.840. The second-order valence-electron chi connectivity index (χ2n) is 7.09. The van der Waals surface area contributed by atoms with Crippen LogP contribution in [0.3, 0.4) is 0 Å². The first-order valence-electron chi connectivity index (χ1n) is 8.47. The van der Waals surface area contributed by atoms with Gasteiger partial charge in [-0.1, -0.05) is 20.8 Å². The first kappa shape index (κ1) is 16.3. The maximum atomic E-state index is 6.07. The van der Waals surface area contributed by atoms with Gasteiger partial charge in [0.1, 0.15) is 0 Å². The monoisotopic (exact) mass is 283 g/mol. The van der Waals surface area contributed by atoms with Gasteiger partial charge in [-0.15, -0.1) is 0 Å². The van der Waals surface area contributed by atoms with Crippen LogP contribution in [0.1, 0.15) is 52.9 Å². The van der Waals surface area contributed by atoms with Crippen molar-refractivity contribution < 1.29 is 9.47 Å². The molecule has 2 fully saturated rings. The first-order valence-corrected chi connectivity index (χ1v) is 8.47. The normalized spacial score (nSPS) is 35.7. The minimum absolute atomic E-state index is 0.0181. The molecule has 1 saturated heterocycles. The predicted molar refractivity (Wildman–Crippen MR) is 82.9 cm³/mol. The highest BCUT2D eigenvalue weighted by atomic mass is 16.5. The third-order valence-electron chi connectivity index (χ3n) is 5.42. The maximum absolute atomic E-state index is 6.07. The van der Waals surface area contributed by atoms with E-state index in [1.165, 1.54) is 19.3 Å². The fourth-order valence-corrected chi connectivity index (χ4v) is 4.64. The molecule has 0 bridgehead atoms. The maximum Gasteiger partial charge on any atom is 0.0877 e. The van der Waals surface area contributed by atoms with Crippen LogP contribution in [0.5, 0.6) is 0 Å². The van der Waals surface area contributed by atoms with Crippen LogP contribution in [0.2, 0.25) is 0 Å². The van der Waals surface area contributed by atoms with Crippen LogP contribution >= 0.6 is 0 Å². The molecule has 0 aromatic heterocycles. The van der Waals surface area contributed by atoms with Crippen molar-refractivity contribution in [2.75, 3.05) is 26.9 Å². The van der Waals surface area contributed by atoms with Crippen molar-refractivity contribution in [3.63, 3.8) is 0 Å². The third kappa shape index (κ3) is 3.55. The molecule has 118 valence electrons. The summed E-state index contributed by atoms with van der Waals surface area (Å²) < 4.78 is 11.7. The molecule has 0 aromatic carbocycles. The van der Waals surface area contributed by atoms with E-state index in [0.29, 0.717) is 6.04 Å². The molecule has 1 heterocycles. The Morgan fingerprint density at radius 2 is 1.75 bits per heavy atom. The molecule has 0 spiro atoms. The largest absolute Gasteiger partial charge is 0.381 e. The molecule has 1 N–H and O–H groups in total. The zero-order valence-corrected chi connectivity index (χ0v) is 13.8.